The predicted molar refractivity (Wildman–Crippen MR) is 108 cm³/mol. The van der Waals surface area contributed by atoms with E-state index in [0.29, 0.717) is 5.11 Å². The van der Waals surface area contributed by atoms with Gasteiger partial charge in [0.05, 0.1) is 11.4 Å². The number of anilines is 3. The summed E-state index contributed by atoms with van der Waals surface area (Å²) in [6, 6.07) is 14.7. The molecule has 3 nitrogen and oxygen atoms in total. The zero-order chi connectivity index (χ0) is 16.9. The van der Waals surface area contributed by atoms with Crippen LogP contribution >= 0.6 is 12.2 Å². The third kappa shape index (κ3) is 4.06. The highest BCUT2D eigenvalue weighted by Gasteiger charge is 2.14. The van der Waals surface area contributed by atoms with Crippen LogP contribution in [0, 0.1) is 13.8 Å². The van der Waals surface area contributed by atoms with Crippen molar-refractivity contribution in [2.24, 2.45) is 0 Å². The molecule has 0 saturated carbocycles. The van der Waals surface area contributed by atoms with Gasteiger partial charge in [-0.2, -0.15) is 0 Å². The molecule has 1 aliphatic heterocycles. The van der Waals surface area contributed by atoms with Crippen LogP contribution in [-0.2, 0) is 0 Å². The Labute approximate surface area is 150 Å². The molecule has 0 radical (unpaired) electrons. The molecule has 0 unspecified atom stereocenters. The molecule has 0 aromatic heterocycles. The molecule has 1 fully saturated rings. The first-order valence-electron chi connectivity index (χ1n) is 8.63. The van der Waals surface area contributed by atoms with E-state index < -0.39 is 0 Å². The molecule has 1 heterocycles. The number of hydrogen-bond acceptors (Lipinski definition) is 2. The van der Waals surface area contributed by atoms with Crippen LogP contribution in [0.25, 0.3) is 0 Å². The van der Waals surface area contributed by atoms with Gasteiger partial charge in [-0.15, -0.1) is 0 Å². The molecule has 0 spiro atoms. The van der Waals surface area contributed by atoms with Gasteiger partial charge in [-0.25, -0.2) is 0 Å². The predicted octanol–water partition coefficient (Wildman–Crippen LogP) is 5.10. The first-order chi connectivity index (χ1) is 11.6. The Morgan fingerprint density at radius 1 is 0.917 bits per heavy atom. The summed E-state index contributed by atoms with van der Waals surface area (Å²) < 4.78 is 0. The molecule has 0 amide bonds. The van der Waals surface area contributed by atoms with Crippen molar-refractivity contribution in [3.8, 4) is 0 Å². The zero-order valence-electron chi connectivity index (χ0n) is 14.4. The Balaban J connectivity index is 1.71. The van der Waals surface area contributed by atoms with Crippen LogP contribution in [0.4, 0.5) is 17.1 Å². The summed E-state index contributed by atoms with van der Waals surface area (Å²) in [5.74, 6) is 0. The maximum absolute atomic E-state index is 5.51. The number of nitrogens with one attached hydrogen (secondary N) is 2. The maximum atomic E-state index is 5.51. The highest BCUT2D eigenvalue weighted by Crippen LogP contribution is 2.28. The fourth-order valence-corrected chi connectivity index (χ4v) is 3.32. The van der Waals surface area contributed by atoms with Crippen molar-refractivity contribution in [3.05, 3.63) is 53.6 Å². The van der Waals surface area contributed by atoms with Crippen molar-refractivity contribution in [2.75, 3.05) is 28.6 Å². The van der Waals surface area contributed by atoms with E-state index in [1.807, 2.05) is 0 Å². The summed E-state index contributed by atoms with van der Waals surface area (Å²) in [7, 11) is 0. The second-order valence-electron chi connectivity index (χ2n) is 6.44. The average Bonchev–Trinajstić information content (AvgIpc) is 2.59. The van der Waals surface area contributed by atoms with Crippen LogP contribution in [0.15, 0.2) is 42.5 Å². The molecule has 0 bridgehead atoms. The lowest BCUT2D eigenvalue weighted by molar-refractivity contribution is 0.578. The van der Waals surface area contributed by atoms with Gasteiger partial charge < -0.3 is 15.5 Å². The molecule has 2 aromatic rings. The minimum atomic E-state index is 0.628. The molecular formula is C20H25N3S. The van der Waals surface area contributed by atoms with Gasteiger partial charge in [0.15, 0.2) is 5.11 Å². The number of aryl methyl sites for hydroxylation is 2. The summed E-state index contributed by atoms with van der Waals surface area (Å²) >= 11 is 5.51. The van der Waals surface area contributed by atoms with Gasteiger partial charge in [0.1, 0.15) is 0 Å². The Hall–Kier alpha value is -2.07. The number of thiocarbonyl (C=S) groups is 1. The van der Waals surface area contributed by atoms with Gasteiger partial charge in [-0.1, -0.05) is 18.2 Å². The van der Waals surface area contributed by atoms with Crippen molar-refractivity contribution < 1.29 is 0 Å². The summed E-state index contributed by atoms with van der Waals surface area (Å²) in [5, 5.41) is 7.29. The minimum Gasteiger partial charge on any atom is -0.370 e. The highest BCUT2D eigenvalue weighted by molar-refractivity contribution is 7.80. The van der Waals surface area contributed by atoms with Gasteiger partial charge in [-0.3, -0.25) is 0 Å². The van der Waals surface area contributed by atoms with Gasteiger partial charge in [0.2, 0.25) is 0 Å². The number of piperidine rings is 1. The molecular weight excluding hydrogens is 314 g/mol. The van der Waals surface area contributed by atoms with Crippen molar-refractivity contribution >= 4 is 34.4 Å². The van der Waals surface area contributed by atoms with Crippen LogP contribution in [0.3, 0.4) is 0 Å². The second-order valence-corrected chi connectivity index (χ2v) is 6.85. The fourth-order valence-electron chi connectivity index (χ4n) is 3.09. The second kappa shape index (κ2) is 7.67. The van der Waals surface area contributed by atoms with E-state index in [1.54, 1.807) is 0 Å². The molecule has 0 aliphatic carbocycles. The summed E-state index contributed by atoms with van der Waals surface area (Å²) in [6.45, 7) is 6.47. The van der Waals surface area contributed by atoms with E-state index in [0.717, 1.165) is 24.5 Å². The lowest BCUT2D eigenvalue weighted by Crippen LogP contribution is -2.30. The Morgan fingerprint density at radius 3 is 2.42 bits per heavy atom. The van der Waals surface area contributed by atoms with Gasteiger partial charge in [-0.05, 0) is 80.7 Å². The van der Waals surface area contributed by atoms with Crippen molar-refractivity contribution in [3.63, 3.8) is 0 Å². The van der Waals surface area contributed by atoms with E-state index in [4.69, 9.17) is 12.2 Å². The van der Waals surface area contributed by atoms with Crippen molar-refractivity contribution in [1.82, 2.24) is 0 Å². The Bertz CT molecular complexity index is 721. The molecule has 4 heteroatoms. The smallest absolute Gasteiger partial charge is 0.175 e. The highest BCUT2D eigenvalue weighted by atomic mass is 32.1. The quantitative estimate of drug-likeness (QED) is 0.761. The standard InChI is InChI=1S/C20H25N3S/c1-15-10-11-17(14-16(15)2)21-20(24)22-18-8-4-5-9-19(18)23-12-6-3-7-13-23/h4-5,8-11,14H,3,6-7,12-13H2,1-2H3,(H2,21,22,24). The number of para-hydroxylation sites is 2. The average molecular weight is 340 g/mol. The van der Waals surface area contributed by atoms with Crippen molar-refractivity contribution in [2.45, 2.75) is 33.1 Å². The monoisotopic (exact) mass is 339 g/mol. The molecule has 126 valence electrons. The van der Waals surface area contributed by atoms with Crippen LogP contribution in [0.5, 0.6) is 0 Å². The van der Waals surface area contributed by atoms with E-state index >= 15 is 0 Å². The molecule has 2 aromatic carbocycles. The summed E-state index contributed by atoms with van der Waals surface area (Å²) in [6.07, 6.45) is 3.86. The van der Waals surface area contributed by atoms with Gasteiger partial charge in [0, 0.05) is 18.8 Å². The maximum Gasteiger partial charge on any atom is 0.175 e. The first-order valence-corrected chi connectivity index (χ1v) is 9.03. The van der Waals surface area contributed by atoms with E-state index in [-0.39, 0.29) is 0 Å². The SMILES string of the molecule is Cc1ccc(NC(=S)Nc2ccccc2N2CCCCC2)cc1C. The van der Waals surface area contributed by atoms with Gasteiger partial charge >= 0.3 is 0 Å². The normalized spacial score (nSPS) is 14.3. The van der Waals surface area contributed by atoms with E-state index in [9.17, 15) is 0 Å². The Morgan fingerprint density at radius 2 is 1.67 bits per heavy atom. The number of rotatable bonds is 3. The molecule has 1 aliphatic rings. The van der Waals surface area contributed by atoms with Crippen LogP contribution in [0.2, 0.25) is 0 Å². The lowest BCUT2D eigenvalue weighted by atomic mass is 10.1. The number of benzene rings is 2. The molecule has 24 heavy (non-hydrogen) atoms. The molecule has 3 rings (SSSR count). The van der Waals surface area contributed by atoms with Crippen LogP contribution in [-0.4, -0.2) is 18.2 Å². The number of hydrogen-bond donors (Lipinski definition) is 2. The first kappa shape index (κ1) is 16.8. The fraction of sp³-hybridized carbons (Fsp3) is 0.350. The Kier molecular flexibility index (Phi) is 5.36. The van der Waals surface area contributed by atoms with E-state index in [2.05, 4.69) is 71.8 Å². The third-order valence-electron chi connectivity index (χ3n) is 4.61. The number of nitrogens with zero attached hydrogens (tertiary/aromatic N) is 1. The minimum absolute atomic E-state index is 0.628. The molecule has 2 N–H and O–H groups in total. The largest absolute Gasteiger partial charge is 0.370 e. The van der Waals surface area contributed by atoms with Crippen LogP contribution in [0.1, 0.15) is 30.4 Å². The topological polar surface area (TPSA) is 27.3 Å². The molecule has 0 atom stereocenters. The van der Waals surface area contributed by atoms with Crippen molar-refractivity contribution in [1.29, 1.82) is 0 Å². The lowest BCUT2D eigenvalue weighted by Gasteiger charge is -2.30. The summed E-state index contributed by atoms with van der Waals surface area (Å²) in [4.78, 5) is 2.45. The molecule has 1 saturated heterocycles. The third-order valence-corrected chi connectivity index (χ3v) is 4.82. The van der Waals surface area contributed by atoms with Crippen LogP contribution < -0.4 is 15.5 Å². The summed E-state index contributed by atoms with van der Waals surface area (Å²) in [5.41, 5.74) is 5.87. The zero-order valence-corrected chi connectivity index (χ0v) is 15.2. The van der Waals surface area contributed by atoms with Gasteiger partial charge in [0.25, 0.3) is 0 Å². The van der Waals surface area contributed by atoms with E-state index in [1.165, 1.54) is 36.1 Å².